The average molecular weight is 256 g/mol. The molecule has 0 aromatic carbocycles. The lowest BCUT2D eigenvalue weighted by atomic mass is 9.89. The van der Waals surface area contributed by atoms with Gasteiger partial charge in [0.25, 0.3) is 0 Å². The summed E-state index contributed by atoms with van der Waals surface area (Å²) >= 11 is 0. The van der Waals surface area contributed by atoms with E-state index in [2.05, 4.69) is 18.7 Å². The average Bonchev–Trinajstić information content (AvgIpc) is 2.37. The van der Waals surface area contributed by atoms with Crippen LogP contribution < -0.4 is 5.73 Å². The summed E-state index contributed by atoms with van der Waals surface area (Å²) in [5.41, 5.74) is 6.12. The summed E-state index contributed by atoms with van der Waals surface area (Å²) in [5, 5.41) is 0. The molecule has 1 aliphatic heterocycles. The summed E-state index contributed by atoms with van der Waals surface area (Å²) in [5.74, 6) is 0.442. The maximum Gasteiger partial charge on any atom is 0.323 e. The predicted octanol–water partition coefficient (Wildman–Crippen LogP) is 1.78. The van der Waals surface area contributed by atoms with Crippen LogP contribution in [0.15, 0.2) is 0 Å². The van der Waals surface area contributed by atoms with Gasteiger partial charge in [-0.3, -0.25) is 9.69 Å². The van der Waals surface area contributed by atoms with E-state index >= 15 is 0 Å². The molecule has 106 valence electrons. The number of likely N-dealkylation sites (tertiary alicyclic amines) is 1. The van der Waals surface area contributed by atoms with Gasteiger partial charge in [0, 0.05) is 19.1 Å². The monoisotopic (exact) mass is 256 g/mol. The molecule has 0 aromatic heterocycles. The van der Waals surface area contributed by atoms with Crippen molar-refractivity contribution in [3.63, 3.8) is 0 Å². The number of piperidine rings is 1. The van der Waals surface area contributed by atoms with E-state index in [4.69, 9.17) is 10.5 Å². The van der Waals surface area contributed by atoms with E-state index in [-0.39, 0.29) is 18.1 Å². The first-order valence-corrected chi connectivity index (χ1v) is 7.30. The molecule has 1 rings (SSSR count). The molecule has 3 atom stereocenters. The first-order valence-electron chi connectivity index (χ1n) is 7.30. The molecule has 0 bridgehead atoms. The normalized spacial score (nSPS) is 26.9. The fraction of sp³-hybridized carbons (Fsp3) is 0.929. The Balaban J connectivity index is 2.64. The van der Waals surface area contributed by atoms with Gasteiger partial charge in [-0.25, -0.2) is 0 Å². The molecule has 0 spiro atoms. The molecule has 0 radical (unpaired) electrons. The van der Waals surface area contributed by atoms with Crippen LogP contribution >= 0.6 is 0 Å². The van der Waals surface area contributed by atoms with Crippen molar-refractivity contribution in [3.05, 3.63) is 0 Å². The summed E-state index contributed by atoms with van der Waals surface area (Å²) in [6, 6.07) is 0.215. The minimum atomic E-state index is -0.0727. The molecular weight excluding hydrogens is 228 g/mol. The second kappa shape index (κ2) is 7.74. The van der Waals surface area contributed by atoms with E-state index in [1.807, 2.05) is 6.92 Å². The van der Waals surface area contributed by atoms with Gasteiger partial charge in [0.15, 0.2) is 0 Å². The van der Waals surface area contributed by atoms with E-state index in [0.717, 1.165) is 38.8 Å². The summed E-state index contributed by atoms with van der Waals surface area (Å²) in [6.07, 6.45) is 3.95. The van der Waals surface area contributed by atoms with Gasteiger partial charge in [-0.15, -0.1) is 0 Å². The number of nitrogens with zero attached hydrogens (tertiary/aromatic N) is 1. The zero-order valence-corrected chi connectivity index (χ0v) is 12.0. The van der Waals surface area contributed by atoms with Crippen molar-refractivity contribution in [1.82, 2.24) is 4.90 Å². The maximum absolute atomic E-state index is 12.0. The second-order valence-electron chi connectivity index (χ2n) is 5.17. The third-order valence-corrected chi connectivity index (χ3v) is 3.91. The molecule has 1 fully saturated rings. The molecule has 0 amide bonds. The van der Waals surface area contributed by atoms with Gasteiger partial charge >= 0.3 is 5.97 Å². The Bertz CT molecular complexity index is 258. The lowest BCUT2D eigenvalue weighted by Gasteiger charge is -2.39. The Hall–Kier alpha value is -0.610. The van der Waals surface area contributed by atoms with Gasteiger partial charge in [-0.1, -0.05) is 26.7 Å². The Morgan fingerprint density at radius 3 is 2.72 bits per heavy atom. The standard InChI is InChI=1S/C14H28N2O2/c1-4-7-13(14(17)18-6-3)16-9-8-12(15)11(5-2)10-16/h11-13H,4-10,15H2,1-3H3. The molecule has 3 unspecified atom stereocenters. The van der Waals surface area contributed by atoms with Crippen LogP contribution in [0, 0.1) is 5.92 Å². The highest BCUT2D eigenvalue weighted by Gasteiger charge is 2.33. The minimum Gasteiger partial charge on any atom is -0.465 e. The highest BCUT2D eigenvalue weighted by molar-refractivity contribution is 5.75. The van der Waals surface area contributed by atoms with Crippen molar-refractivity contribution in [2.45, 2.75) is 58.5 Å². The summed E-state index contributed by atoms with van der Waals surface area (Å²) in [4.78, 5) is 14.3. The molecule has 2 N–H and O–H groups in total. The first kappa shape index (κ1) is 15.4. The minimum absolute atomic E-state index is 0.0651. The van der Waals surface area contributed by atoms with Crippen LogP contribution in [0.1, 0.15) is 46.5 Å². The smallest absolute Gasteiger partial charge is 0.323 e. The highest BCUT2D eigenvalue weighted by Crippen LogP contribution is 2.22. The third kappa shape index (κ3) is 3.95. The van der Waals surface area contributed by atoms with Crippen LogP contribution in [0.25, 0.3) is 0 Å². The number of ether oxygens (including phenoxy) is 1. The van der Waals surface area contributed by atoms with Crippen molar-refractivity contribution < 1.29 is 9.53 Å². The van der Waals surface area contributed by atoms with Crippen LogP contribution in [0.2, 0.25) is 0 Å². The van der Waals surface area contributed by atoms with Gasteiger partial charge < -0.3 is 10.5 Å². The third-order valence-electron chi connectivity index (χ3n) is 3.91. The lowest BCUT2D eigenvalue weighted by molar-refractivity contribution is -0.150. The molecule has 4 heteroatoms. The number of hydrogen-bond donors (Lipinski definition) is 1. The quantitative estimate of drug-likeness (QED) is 0.736. The van der Waals surface area contributed by atoms with E-state index in [1.165, 1.54) is 0 Å². The zero-order chi connectivity index (χ0) is 13.5. The summed E-state index contributed by atoms with van der Waals surface area (Å²) < 4.78 is 5.19. The van der Waals surface area contributed by atoms with Gasteiger partial charge in [0.1, 0.15) is 6.04 Å². The fourth-order valence-corrected chi connectivity index (χ4v) is 2.75. The van der Waals surface area contributed by atoms with Crippen LogP contribution in [-0.4, -0.2) is 42.6 Å². The summed E-state index contributed by atoms with van der Waals surface area (Å²) in [6.45, 7) is 8.46. The molecule has 4 nitrogen and oxygen atoms in total. The van der Waals surface area contributed by atoms with Crippen molar-refractivity contribution in [2.24, 2.45) is 11.7 Å². The van der Waals surface area contributed by atoms with E-state index in [9.17, 15) is 4.79 Å². The van der Waals surface area contributed by atoms with E-state index in [0.29, 0.717) is 12.5 Å². The maximum atomic E-state index is 12.0. The molecule has 0 saturated carbocycles. The first-order chi connectivity index (χ1) is 8.63. The fourth-order valence-electron chi connectivity index (χ4n) is 2.75. The van der Waals surface area contributed by atoms with Gasteiger partial charge in [-0.2, -0.15) is 0 Å². The Morgan fingerprint density at radius 1 is 1.44 bits per heavy atom. The molecule has 0 aliphatic carbocycles. The molecular formula is C14H28N2O2. The topological polar surface area (TPSA) is 55.6 Å². The Kier molecular flexibility index (Phi) is 6.65. The number of rotatable bonds is 6. The number of nitrogens with two attached hydrogens (primary N) is 1. The SMILES string of the molecule is CCCC(C(=O)OCC)N1CCC(N)C(CC)C1. The molecule has 1 saturated heterocycles. The number of carbonyl (C=O) groups is 1. The van der Waals surface area contributed by atoms with Crippen LogP contribution in [0.5, 0.6) is 0 Å². The van der Waals surface area contributed by atoms with Gasteiger partial charge in [0.05, 0.1) is 6.61 Å². The van der Waals surface area contributed by atoms with Crippen LogP contribution in [-0.2, 0) is 9.53 Å². The second-order valence-corrected chi connectivity index (χ2v) is 5.17. The predicted molar refractivity (Wildman–Crippen MR) is 73.3 cm³/mol. The van der Waals surface area contributed by atoms with Crippen molar-refractivity contribution >= 4 is 5.97 Å². The number of hydrogen-bond acceptors (Lipinski definition) is 4. The van der Waals surface area contributed by atoms with E-state index < -0.39 is 0 Å². The highest BCUT2D eigenvalue weighted by atomic mass is 16.5. The van der Waals surface area contributed by atoms with Gasteiger partial charge in [-0.05, 0) is 25.7 Å². The van der Waals surface area contributed by atoms with E-state index in [1.54, 1.807) is 0 Å². The molecule has 1 aliphatic rings. The Labute approximate surface area is 111 Å². The largest absolute Gasteiger partial charge is 0.465 e. The van der Waals surface area contributed by atoms with Crippen molar-refractivity contribution in [2.75, 3.05) is 19.7 Å². The molecule has 1 heterocycles. The number of carbonyl (C=O) groups excluding carboxylic acids is 1. The van der Waals surface area contributed by atoms with Gasteiger partial charge in [0.2, 0.25) is 0 Å². The number of esters is 1. The Morgan fingerprint density at radius 2 is 2.17 bits per heavy atom. The van der Waals surface area contributed by atoms with Crippen LogP contribution in [0.3, 0.4) is 0 Å². The molecule has 18 heavy (non-hydrogen) atoms. The van der Waals surface area contributed by atoms with Crippen LogP contribution in [0.4, 0.5) is 0 Å². The molecule has 0 aromatic rings. The summed E-state index contributed by atoms with van der Waals surface area (Å²) in [7, 11) is 0. The van der Waals surface area contributed by atoms with Crippen molar-refractivity contribution in [1.29, 1.82) is 0 Å². The lowest BCUT2D eigenvalue weighted by Crippen LogP contribution is -2.53. The zero-order valence-electron chi connectivity index (χ0n) is 12.0. The van der Waals surface area contributed by atoms with Crippen molar-refractivity contribution in [3.8, 4) is 0 Å².